The summed E-state index contributed by atoms with van der Waals surface area (Å²) in [6.45, 7) is 5.33. The second kappa shape index (κ2) is 6.93. The molecule has 25 heavy (non-hydrogen) atoms. The third-order valence-corrected chi connectivity index (χ3v) is 4.98. The Labute approximate surface area is 146 Å². The van der Waals surface area contributed by atoms with E-state index in [4.69, 9.17) is 4.74 Å². The molecule has 3 heterocycles. The molecular formula is C18H23N5O2. The zero-order chi connectivity index (χ0) is 17.2. The molecule has 0 spiro atoms. The number of ether oxygens (including phenoxy) is 1. The zero-order valence-corrected chi connectivity index (χ0v) is 14.4. The summed E-state index contributed by atoms with van der Waals surface area (Å²) in [6, 6.07) is 7.66. The molecule has 2 amide bonds. The minimum atomic E-state index is -0.207. The van der Waals surface area contributed by atoms with Crippen molar-refractivity contribution < 1.29 is 9.53 Å². The molecule has 2 atom stereocenters. The molecule has 2 saturated heterocycles. The van der Waals surface area contributed by atoms with Crippen LogP contribution in [0, 0.1) is 6.92 Å². The number of carbonyl (C=O) groups is 1. The first kappa shape index (κ1) is 16.2. The van der Waals surface area contributed by atoms with Crippen molar-refractivity contribution in [1.29, 1.82) is 0 Å². The Balaban J connectivity index is 1.46. The van der Waals surface area contributed by atoms with Crippen LogP contribution < -0.4 is 10.6 Å². The molecule has 0 radical (unpaired) electrons. The lowest BCUT2D eigenvalue weighted by molar-refractivity contribution is 0.159. The number of hydrogen-bond acceptors (Lipinski definition) is 5. The van der Waals surface area contributed by atoms with Crippen LogP contribution in [0.5, 0.6) is 0 Å². The van der Waals surface area contributed by atoms with E-state index >= 15 is 0 Å². The van der Waals surface area contributed by atoms with Crippen molar-refractivity contribution in [3.05, 3.63) is 30.0 Å². The Kier molecular flexibility index (Phi) is 4.50. The van der Waals surface area contributed by atoms with Gasteiger partial charge >= 0.3 is 6.03 Å². The van der Waals surface area contributed by atoms with Crippen LogP contribution in [0.15, 0.2) is 24.3 Å². The largest absolute Gasteiger partial charge is 0.378 e. The van der Waals surface area contributed by atoms with Crippen LogP contribution in [-0.4, -0.2) is 59.5 Å². The molecule has 132 valence electrons. The highest BCUT2D eigenvalue weighted by atomic mass is 16.5. The summed E-state index contributed by atoms with van der Waals surface area (Å²) in [6.07, 6.45) is 2.46. The monoisotopic (exact) mass is 341 g/mol. The molecule has 2 aliphatic rings. The number of aromatic nitrogens is 2. The second-order valence-corrected chi connectivity index (χ2v) is 6.78. The lowest BCUT2D eigenvalue weighted by Crippen LogP contribution is -2.51. The number of hydrogen-bond donors (Lipinski definition) is 2. The van der Waals surface area contributed by atoms with Crippen molar-refractivity contribution in [1.82, 2.24) is 20.4 Å². The van der Waals surface area contributed by atoms with Gasteiger partial charge in [0, 0.05) is 5.39 Å². The summed E-state index contributed by atoms with van der Waals surface area (Å²) in [5.74, 6) is 0. The summed E-state index contributed by atoms with van der Waals surface area (Å²) in [5.41, 5.74) is 2.33. The maximum absolute atomic E-state index is 12.5. The molecule has 2 N–H and O–H groups in total. The van der Waals surface area contributed by atoms with Gasteiger partial charge in [0.1, 0.15) is 0 Å². The zero-order valence-electron chi connectivity index (χ0n) is 14.4. The van der Waals surface area contributed by atoms with Crippen molar-refractivity contribution in [2.75, 3.05) is 31.6 Å². The Morgan fingerprint density at radius 3 is 2.92 bits per heavy atom. The number of aryl methyl sites for hydroxylation is 1. The quantitative estimate of drug-likeness (QED) is 0.892. The van der Waals surface area contributed by atoms with E-state index in [1.165, 1.54) is 12.8 Å². The van der Waals surface area contributed by atoms with E-state index in [1.54, 1.807) is 0 Å². The first-order valence-electron chi connectivity index (χ1n) is 8.83. The molecule has 0 bridgehead atoms. The Morgan fingerprint density at radius 2 is 2.08 bits per heavy atom. The van der Waals surface area contributed by atoms with Crippen LogP contribution >= 0.6 is 0 Å². The van der Waals surface area contributed by atoms with Gasteiger partial charge in [-0.2, -0.15) is 10.2 Å². The first-order valence-corrected chi connectivity index (χ1v) is 8.83. The van der Waals surface area contributed by atoms with Gasteiger partial charge in [0.2, 0.25) is 0 Å². The maximum Gasteiger partial charge on any atom is 0.319 e. The highest BCUT2D eigenvalue weighted by Crippen LogP contribution is 2.22. The summed E-state index contributed by atoms with van der Waals surface area (Å²) in [4.78, 5) is 15.0. The van der Waals surface area contributed by atoms with Crippen molar-refractivity contribution in [3.63, 3.8) is 0 Å². The average Bonchev–Trinajstić information content (AvgIpc) is 3.26. The lowest BCUT2D eigenvalue weighted by atomic mass is 10.1. The Morgan fingerprint density at radius 1 is 1.24 bits per heavy atom. The Bertz CT molecular complexity index is 775. The minimum Gasteiger partial charge on any atom is -0.378 e. The lowest BCUT2D eigenvalue weighted by Gasteiger charge is -2.28. The van der Waals surface area contributed by atoms with Gasteiger partial charge in [-0.1, -0.05) is 6.07 Å². The molecule has 0 aliphatic carbocycles. The highest BCUT2D eigenvalue weighted by molar-refractivity contribution is 6.00. The molecule has 1 aromatic heterocycles. The third kappa shape index (κ3) is 3.43. The molecule has 2 fully saturated rings. The van der Waals surface area contributed by atoms with Crippen LogP contribution in [0.2, 0.25) is 0 Å². The number of nitrogens with zero attached hydrogens (tertiary/aromatic N) is 3. The number of urea groups is 1. The van der Waals surface area contributed by atoms with E-state index in [2.05, 4.69) is 25.7 Å². The molecular weight excluding hydrogens is 318 g/mol. The molecule has 1 aromatic carbocycles. The van der Waals surface area contributed by atoms with E-state index in [9.17, 15) is 4.79 Å². The van der Waals surface area contributed by atoms with E-state index in [0.717, 1.165) is 35.4 Å². The van der Waals surface area contributed by atoms with E-state index < -0.39 is 0 Å². The predicted octanol–water partition coefficient (Wildman–Crippen LogP) is 1.92. The topological polar surface area (TPSA) is 79.4 Å². The van der Waals surface area contributed by atoms with Crippen LogP contribution in [0.25, 0.3) is 10.9 Å². The molecule has 7 nitrogen and oxygen atoms in total. The van der Waals surface area contributed by atoms with E-state index in [1.807, 2.05) is 31.2 Å². The number of fused-ring (bicyclic) bond motifs is 1. The molecule has 0 saturated carbocycles. The van der Waals surface area contributed by atoms with Crippen LogP contribution in [0.1, 0.15) is 18.5 Å². The van der Waals surface area contributed by atoms with Gasteiger partial charge in [-0.25, -0.2) is 4.79 Å². The van der Waals surface area contributed by atoms with E-state index in [0.29, 0.717) is 13.2 Å². The number of anilines is 1. The molecule has 0 unspecified atom stereocenters. The molecule has 4 rings (SSSR count). The van der Waals surface area contributed by atoms with Gasteiger partial charge in [0.25, 0.3) is 0 Å². The summed E-state index contributed by atoms with van der Waals surface area (Å²) in [7, 11) is 0. The van der Waals surface area contributed by atoms with E-state index in [-0.39, 0.29) is 18.1 Å². The first-order chi connectivity index (χ1) is 12.2. The fourth-order valence-corrected chi connectivity index (χ4v) is 3.71. The third-order valence-electron chi connectivity index (χ3n) is 4.98. The van der Waals surface area contributed by atoms with Crippen molar-refractivity contribution in [3.8, 4) is 0 Å². The van der Waals surface area contributed by atoms with Gasteiger partial charge in [-0.15, -0.1) is 0 Å². The van der Waals surface area contributed by atoms with Gasteiger partial charge in [-0.3, -0.25) is 4.90 Å². The van der Waals surface area contributed by atoms with Crippen LogP contribution in [0.3, 0.4) is 0 Å². The maximum atomic E-state index is 12.5. The summed E-state index contributed by atoms with van der Waals surface area (Å²) in [5, 5.41) is 15.2. The standard InChI is InChI=1S/C18H23N5O2/c1-12-9-13-14(5-4-6-15(13)22-21-12)19-18(24)20-16-10-25-11-17(16)23-7-2-3-8-23/h4-6,9,16-17H,2-3,7-8,10-11H2,1H3,(H2,19,20,24)/t16-,17-/m1/s1. The van der Waals surface area contributed by atoms with Crippen molar-refractivity contribution in [2.45, 2.75) is 31.8 Å². The number of benzene rings is 1. The van der Waals surface area contributed by atoms with Crippen LogP contribution in [0.4, 0.5) is 10.5 Å². The van der Waals surface area contributed by atoms with Crippen molar-refractivity contribution >= 4 is 22.6 Å². The second-order valence-electron chi connectivity index (χ2n) is 6.78. The SMILES string of the molecule is Cc1cc2c(NC(=O)N[C@@H]3COC[C@H]3N3CCCC3)cccc2nn1. The van der Waals surface area contributed by atoms with Gasteiger partial charge < -0.3 is 15.4 Å². The van der Waals surface area contributed by atoms with Gasteiger partial charge in [-0.05, 0) is 51.1 Å². The smallest absolute Gasteiger partial charge is 0.319 e. The number of amides is 2. The number of nitrogens with one attached hydrogen (secondary N) is 2. The summed E-state index contributed by atoms with van der Waals surface area (Å²) >= 11 is 0. The number of rotatable bonds is 3. The normalized spacial score (nSPS) is 23.9. The number of carbonyl (C=O) groups excluding carboxylic acids is 1. The highest BCUT2D eigenvalue weighted by Gasteiger charge is 2.35. The fourth-order valence-electron chi connectivity index (χ4n) is 3.71. The molecule has 2 aromatic rings. The Hall–Kier alpha value is -2.25. The van der Waals surface area contributed by atoms with Crippen LogP contribution in [-0.2, 0) is 4.74 Å². The van der Waals surface area contributed by atoms with Crippen molar-refractivity contribution in [2.24, 2.45) is 0 Å². The molecule has 2 aliphatic heterocycles. The predicted molar refractivity (Wildman–Crippen MR) is 95.6 cm³/mol. The average molecular weight is 341 g/mol. The molecule has 7 heteroatoms. The van der Waals surface area contributed by atoms with Gasteiger partial charge in [0.05, 0.1) is 42.2 Å². The fraction of sp³-hybridized carbons (Fsp3) is 0.500. The minimum absolute atomic E-state index is 0.0228. The number of likely N-dealkylation sites (tertiary alicyclic amines) is 1. The van der Waals surface area contributed by atoms with Gasteiger partial charge in [0.15, 0.2) is 0 Å². The summed E-state index contributed by atoms with van der Waals surface area (Å²) < 4.78 is 5.62.